The third-order valence-corrected chi connectivity index (χ3v) is 9.05. The normalized spacial score (nSPS) is 25.1. The van der Waals surface area contributed by atoms with Crippen LogP contribution in [0.25, 0.3) is 0 Å². The summed E-state index contributed by atoms with van der Waals surface area (Å²) < 4.78 is 6.26. The van der Waals surface area contributed by atoms with Crippen LogP contribution >= 0.6 is 0 Å². The molecule has 1 heterocycles. The predicted molar refractivity (Wildman–Crippen MR) is 82.3 cm³/mol. The molecule has 0 aromatic heterocycles. The summed E-state index contributed by atoms with van der Waals surface area (Å²) in [5.74, 6) is 0.622. The second-order valence-electron chi connectivity index (χ2n) is 7.30. The average Bonchev–Trinajstić information content (AvgIpc) is 3.09. The fourth-order valence-corrected chi connectivity index (χ4v) is 2.94. The number of aliphatic hydroxyl groups excluding tert-OH is 1. The van der Waals surface area contributed by atoms with E-state index in [0.29, 0.717) is 19.1 Å². The van der Waals surface area contributed by atoms with Gasteiger partial charge in [0.15, 0.2) is 8.32 Å². The van der Waals surface area contributed by atoms with Crippen molar-refractivity contribution < 1.29 is 9.53 Å². The minimum absolute atomic E-state index is 0.227. The monoisotopic (exact) mass is 281 g/mol. The molecule has 0 aromatic rings. The van der Waals surface area contributed by atoms with Gasteiger partial charge >= 0.3 is 0 Å². The number of hydrogen-bond donors (Lipinski definition) is 1. The highest BCUT2D eigenvalue weighted by atomic mass is 28.4. The van der Waals surface area contributed by atoms with Crippen LogP contribution in [0.15, 0.2) is 16.6 Å². The number of nitrogens with zero attached hydrogens (tertiary/aromatic N) is 1. The number of hydrogen-bond acceptors (Lipinski definition) is 3. The molecule has 3 nitrogen and oxygen atoms in total. The van der Waals surface area contributed by atoms with Crippen LogP contribution in [-0.4, -0.2) is 38.4 Å². The van der Waals surface area contributed by atoms with Gasteiger partial charge in [0.25, 0.3) is 0 Å². The maximum atomic E-state index is 9.72. The highest BCUT2D eigenvalue weighted by Crippen LogP contribution is 2.40. The quantitative estimate of drug-likeness (QED) is 0.804. The maximum absolute atomic E-state index is 9.72. The van der Waals surface area contributed by atoms with Crippen molar-refractivity contribution in [1.29, 1.82) is 0 Å². The van der Waals surface area contributed by atoms with Crippen molar-refractivity contribution in [2.24, 2.45) is 10.9 Å². The molecule has 4 heteroatoms. The molecule has 1 atom stereocenters. The lowest BCUT2D eigenvalue weighted by Crippen LogP contribution is -2.42. The summed E-state index contributed by atoms with van der Waals surface area (Å²) in [5.41, 5.74) is 2.33. The van der Waals surface area contributed by atoms with Crippen molar-refractivity contribution in [3.8, 4) is 0 Å². The molecule has 0 aromatic carbocycles. The van der Waals surface area contributed by atoms with E-state index in [1.807, 2.05) is 6.08 Å². The van der Waals surface area contributed by atoms with Crippen LogP contribution < -0.4 is 0 Å². The van der Waals surface area contributed by atoms with Gasteiger partial charge in [-0.1, -0.05) is 20.8 Å². The van der Waals surface area contributed by atoms with E-state index in [0.717, 1.165) is 5.71 Å². The minimum Gasteiger partial charge on any atom is -0.411 e. The van der Waals surface area contributed by atoms with Gasteiger partial charge in [0.1, 0.15) is 0 Å². The smallest absolute Gasteiger partial charge is 0.192 e. The molecule has 19 heavy (non-hydrogen) atoms. The topological polar surface area (TPSA) is 41.8 Å². The molecule has 2 rings (SSSR count). The molecule has 1 fully saturated rings. The van der Waals surface area contributed by atoms with Crippen LogP contribution in [0.1, 0.15) is 33.6 Å². The first-order chi connectivity index (χ1) is 8.71. The Bertz CT molecular complexity index is 403. The SMILES string of the molecule is CC(C)(C)[Si](C)(C)OCC1=NCC(O)C=C1C1CC1. The summed E-state index contributed by atoms with van der Waals surface area (Å²) in [6.07, 6.45) is 4.07. The first-order valence-corrected chi connectivity index (χ1v) is 10.2. The van der Waals surface area contributed by atoms with Gasteiger partial charge in [0.05, 0.1) is 25.0 Å². The van der Waals surface area contributed by atoms with Gasteiger partial charge in [-0.15, -0.1) is 0 Å². The van der Waals surface area contributed by atoms with E-state index in [4.69, 9.17) is 4.43 Å². The third kappa shape index (κ3) is 3.55. The van der Waals surface area contributed by atoms with Crippen molar-refractivity contribution in [3.05, 3.63) is 11.6 Å². The van der Waals surface area contributed by atoms with Crippen molar-refractivity contribution in [2.75, 3.05) is 13.2 Å². The van der Waals surface area contributed by atoms with Gasteiger partial charge in [-0.25, -0.2) is 0 Å². The van der Waals surface area contributed by atoms with E-state index in [2.05, 4.69) is 38.9 Å². The summed E-state index contributed by atoms with van der Waals surface area (Å²) >= 11 is 0. The number of aliphatic imine (C=N–C) groups is 1. The van der Waals surface area contributed by atoms with Crippen LogP contribution in [0.4, 0.5) is 0 Å². The third-order valence-electron chi connectivity index (χ3n) is 4.57. The Morgan fingerprint density at radius 1 is 1.37 bits per heavy atom. The molecule has 1 N–H and O–H groups in total. The van der Waals surface area contributed by atoms with Crippen molar-refractivity contribution in [2.45, 2.75) is 57.8 Å². The van der Waals surface area contributed by atoms with E-state index in [1.54, 1.807) is 0 Å². The molecule has 0 spiro atoms. The van der Waals surface area contributed by atoms with E-state index in [-0.39, 0.29) is 5.04 Å². The Morgan fingerprint density at radius 3 is 2.53 bits per heavy atom. The molecule has 1 unspecified atom stereocenters. The second kappa shape index (κ2) is 5.15. The molecule has 0 radical (unpaired) electrons. The molecule has 0 bridgehead atoms. The largest absolute Gasteiger partial charge is 0.411 e. The standard InChI is InChI=1S/C15H27NO2Si/c1-15(2,3)19(4,5)18-10-14-13(11-6-7-11)8-12(17)9-16-14/h8,11-12,17H,6-7,9-10H2,1-5H3. The van der Waals surface area contributed by atoms with Gasteiger partial charge in [0.2, 0.25) is 0 Å². The van der Waals surface area contributed by atoms with E-state index < -0.39 is 14.4 Å². The van der Waals surface area contributed by atoms with E-state index in [1.165, 1.54) is 18.4 Å². The van der Waals surface area contributed by atoms with Crippen molar-refractivity contribution in [1.82, 2.24) is 0 Å². The van der Waals surface area contributed by atoms with Crippen LogP contribution in [0.3, 0.4) is 0 Å². The second-order valence-corrected chi connectivity index (χ2v) is 12.1. The van der Waals surface area contributed by atoms with Gasteiger partial charge in [0, 0.05) is 0 Å². The first-order valence-electron chi connectivity index (χ1n) is 7.28. The summed E-state index contributed by atoms with van der Waals surface area (Å²) in [5, 5.41) is 9.94. The van der Waals surface area contributed by atoms with Gasteiger partial charge in [-0.05, 0) is 48.5 Å². The lowest BCUT2D eigenvalue weighted by atomic mass is 10.0. The van der Waals surface area contributed by atoms with Crippen molar-refractivity contribution in [3.63, 3.8) is 0 Å². The van der Waals surface area contributed by atoms with E-state index in [9.17, 15) is 5.11 Å². The zero-order valence-electron chi connectivity index (χ0n) is 12.9. The molecule has 1 saturated carbocycles. The average molecular weight is 281 g/mol. The molecular weight excluding hydrogens is 254 g/mol. The Kier molecular flexibility index (Phi) is 4.05. The zero-order valence-corrected chi connectivity index (χ0v) is 13.9. The zero-order chi connectivity index (χ0) is 14.3. The van der Waals surface area contributed by atoms with Crippen LogP contribution in [0.2, 0.25) is 18.1 Å². The van der Waals surface area contributed by atoms with Crippen molar-refractivity contribution >= 4 is 14.0 Å². The van der Waals surface area contributed by atoms with Gasteiger partial charge in [-0.3, -0.25) is 4.99 Å². The summed E-state index contributed by atoms with van der Waals surface area (Å²) in [4.78, 5) is 4.53. The summed E-state index contributed by atoms with van der Waals surface area (Å²) in [6, 6.07) is 0. The Labute approximate surface area is 117 Å². The maximum Gasteiger partial charge on any atom is 0.192 e. The lowest BCUT2D eigenvalue weighted by molar-refractivity contribution is 0.228. The molecule has 1 aliphatic heterocycles. The Balaban J connectivity index is 2.01. The van der Waals surface area contributed by atoms with E-state index >= 15 is 0 Å². The molecule has 108 valence electrons. The summed E-state index contributed by atoms with van der Waals surface area (Å²) in [6.45, 7) is 12.4. The molecule has 1 aliphatic carbocycles. The predicted octanol–water partition coefficient (Wildman–Crippen LogP) is 3.16. The Hall–Kier alpha value is -0.453. The van der Waals surface area contributed by atoms with Crippen LogP contribution in [-0.2, 0) is 4.43 Å². The molecule has 2 aliphatic rings. The number of rotatable bonds is 4. The highest BCUT2D eigenvalue weighted by molar-refractivity contribution is 6.74. The molecular formula is C15H27NO2Si. The van der Waals surface area contributed by atoms with Crippen LogP contribution in [0.5, 0.6) is 0 Å². The fourth-order valence-electron chi connectivity index (χ4n) is 2.01. The minimum atomic E-state index is -1.72. The number of dihydropyridines is 1. The first kappa shape index (κ1) is 14.9. The molecule has 0 amide bonds. The van der Waals surface area contributed by atoms with Crippen LogP contribution in [0, 0.1) is 5.92 Å². The fraction of sp³-hybridized carbons (Fsp3) is 0.800. The van der Waals surface area contributed by atoms with Gasteiger partial charge < -0.3 is 9.53 Å². The van der Waals surface area contributed by atoms with Gasteiger partial charge in [-0.2, -0.15) is 0 Å². The summed E-state index contributed by atoms with van der Waals surface area (Å²) in [7, 11) is -1.72. The number of aliphatic hydroxyl groups is 1. The molecule has 0 saturated heterocycles. The lowest BCUT2D eigenvalue weighted by Gasteiger charge is -2.36. The Morgan fingerprint density at radius 2 is 2.00 bits per heavy atom. The highest BCUT2D eigenvalue weighted by Gasteiger charge is 2.38.